The highest BCUT2D eigenvalue weighted by molar-refractivity contribution is 9.11. The lowest BCUT2D eigenvalue weighted by molar-refractivity contribution is 0.930. The second kappa shape index (κ2) is 3.42. The molecule has 0 unspecified atom stereocenters. The van der Waals surface area contributed by atoms with Crippen LogP contribution in [-0.2, 0) is 6.42 Å². The number of aromatic nitrogens is 2. The van der Waals surface area contributed by atoms with Crippen molar-refractivity contribution in [2.45, 2.75) is 13.3 Å². The van der Waals surface area contributed by atoms with E-state index < -0.39 is 0 Å². The number of hydrogen-bond donors (Lipinski definition) is 0. The van der Waals surface area contributed by atoms with Crippen LogP contribution in [0.15, 0.2) is 27.4 Å². The number of aryl methyl sites for hydroxylation is 1. The van der Waals surface area contributed by atoms with Crippen LogP contribution < -0.4 is 0 Å². The van der Waals surface area contributed by atoms with E-state index >= 15 is 0 Å². The Kier molecular flexibility index (Phi) is 2.43. The van der Waals surface area contributed by atoms with E-state index in [1.165, 1.54) is 0 Å². The SMILES string of the molecule is CCc1nc(Br)c2cc(Br)ccn12. The van der Waals surface area contributed by atoms with E-state index in [2.05, 4.69) is 54.2 Å². The molecule has 2 heterocycles. The summed E-state index contributed by atoms with van der Waals surface area (Å²) in [5, 5.41) is 0. The summed E-state index contributed by atoms with van der Waals surface area (Å²) < 4.78 is 4.07. The van der Waals surface area contributed by atoms with Gasteiger partial charge in [-0.2, -0.15) is 0 Å². The molecule has 0 aliphatic heterocycles. The summed E-state index contributed by atoms with van der Waals surface area (Å²) in [6.07, 6.45) is 2.96. The van der Waals surface area contributed by atoms with E-state index in [-0.39, 0.29) is 0 Å². The fourth-order valence-electron chi connectivity index (χ4n) is 1.33. The standard InChI is InChI=1S/C9H8Br2N2/c1-2-8-12-9(11)7-5-6(10)3-4-13(7)8/h3-5H,2H2,1H3. The van der Waals surface area contributed by atoms with Crippen molar-refractivity contribution >= 4 is 37.4 Å². The minimum Gasteiger partial charge on any atom is -0.302 e. The number of fused-ring (bicyclic) bond motifs is 1. The molecule has 0 atom stereocenters. The van der Waals surface area contributed by atoms with Gasteiger partial charge in [0.15, 0.2) is 0 Å². The number of halogens is 2. The van der Waals surface area contributed by atoms with Gasteiger partial charge in [-0.25, -0.2) is 4.98 Å². The molecule has 0 N–H and O–H groups in total. The Morgan fingerprint density at radius 2 is 2.23 bits per heavy atom. The molecule has 0 spiro atoms. The van der Waals surface area contributed by atoms with Crippen LogP contribution in [0.2, 0.25) is 0 Å². The molecule has 0 bridgehead atoms. The molecular formula is C9H8Br2N2. The van der Waals surface area contributed by atoms with Crippen LogP contribution in [0.1, 0.15) is 12.7 Å². The van der Waals surface area contributed by atoms with Gasteiger partial charge in [0, 0.05) is 17.1 Å². The zero-order chi connectivity index (χ0) is 9.42. The Balaban J connectivity index is 2.80. The second-order valence-corrected chi connectivity index (χ2v) is 4.44. The summed E-state index contributed by atoms with van der Waals surface area (Å²) in [4.78, 5) is 4.41. The summed E-state index contributed by atoms with van der Waals surface area (Å²) in [7, 11) is 0. The number of hydrogen-bond acceptors (Lipinski definition) is 1. The lowest BCUT2D eigenvalue weighted by Crippen LogP contribution is -1.90. The average Bonchev–Trinajstić information content (AvgIpc) is 2.43. The minimum absolute atomic E-state index is 0.908. The zero-order valence-corrected chi connectivity index (χ0v) is 10.3. The first-order chi connectivity index (χ1) is 6.22. The highest BCUT2D eigenvalue weighted by Crippen LogP contribution is 2.22. The van der Waals surface area contributed by atoms with Gasteiger partial charge >= 0.3 is 0 Å². The maximum atomic E-state index is 4.41. The van der Waals surface area contributed by atoms with E-state index in [1.54, 1.807) is 0 Å². The van der Waals surface area contributed by atoms with Gasteiger partial charge in [0.25, 0.3) is 0 Å². The highest BCUT2D eigenvalue weighted by Gasteiger charge is 2.06. The fraction of sp³-hybridized carbons (Fsp3) is 0.222. The first kappa shape index (κ1) is 9.21. The molecule has 4 heteroatoms. The molecule has 0 aromatic carbocycles. The topological polar surface area (TPSA) is 17.3 Å². The molecule has 0 fully saturated rings. The first-order valence-electron chi connectivity index (χ1n) is 4.04. The Labute approximate surface area is 93.2 Å². The molecule has 2 aromatic heterocycles. The van der Waals surface area contributed by atoms with Gasteiger partial charge in [-0.15, -0.1) is 0 Å². The predicted octanol–water partition coefficient (Wildman–Crippen LogP) is 3.42. The van der Waals surface area contributed by atoms with Crippen LogP contribution in [0.3, 0.4) is 0 Å². The Morgan fingerprint density at radius 1 is 1.46 bits per heavy atom. The van der Waals surface area contributed by atoms with Crippen molar-refractivity contribution < 1.29 is 0 Å². The molecule has 0 saturated heterocycles. The monoisotopic (exact) mass is 302 g/mol. The zero-order valence-electron chi connectivity index (χ0n) is 7.09. The van der Waals surface area contributed by atoms with E-state index in [4.69, 9.17) is 0 Å². The van der Waals surface area contributed by atoms with Crippen molar-refractivity contribution in [1.82, 2.24) is 9.38 Å². The number of nitrogens with zero attached hydrogens (tertiary/aromatic N) is 2. The van der Waals surface area contributed by atoms with Crippen molar-refractivity contribution in [2.24, 2.45) is 0 Å². The van der Waals surface area contributed by atoms with E-state index in [0.29, 0.717) is 0 Å². The Hall–Kier alpha value is -0.350. The lowest BCUT2D eigenvalue weighted by Gasteiger charge is -1.97. The highest BCUT2D eigenvalue weighted by atomic mass is 79.9. The number of rotatable bonds is 1. The molecule has 0 amide bonds. The Morgan fingerprint density at radius 3 is 2.92 bits per heavy atom. The molecular weight excluding hydrogens is 296 g/mol. The van der Waals surface area contributed by atoms with E-state index in [9.17, 15) is 0 Å². The molecule has 0 radical (unpaired) electrons. The van der Waals surface area contributed by atoms with Crippen LogP contribution in [0.4, 0.5) is 0 Å². The summed E-state index contributed by atoms with van der Waals surface area (Å²) in [5.74, 6) is 1.08. The number of pyridine rings is 1. The molecule has 2 rings (SSSR count). The average molecular weight is 304 g/mol. The van der Waals surface area contributed by atoms with Gasteiger partial charge in [-0.3, -0.25) is 0 Å². The van der Waals surface area contributed by atoms with Crippen LogP contribution in [0, 0.1) is 0 Å². The molecule has 68 valence electrons. The smallest absolute Gasteiger partial charge is 0.132 e. The Bertz CT molecular complexity index is 448. The molecule has 0 aliphatic rings. The summed E-state index contributed by atoms with van der Waals surface area (Å²) in [6, 6.07) is 4.07. The largest absolute Gasteiger partial charge is 0.302 e. The van der Waals surface area contributed by atoms with Gasteiger partial charge in [0.05, 0.1) is 5.52 Å². The van der Waals surface area contributed by atoms with Crippen molar-refractivity contribution in [1.29, 1.82) is 0 Å². The number of imidazole rings is 1. The lowest BCUT2D eigenvalue weighted by atomic mass is 10.4. The third-order valence-electron chi connectivity index (χ3n) is 1.95. The normalized spacial score (nSPS) is 11.0. The fourth-order valence-corrected chi connectivity index (χ4v) is 2.18. The molecule has 0 saturated carbocycles. The first-order valence-corrected chi connectivity index (χ1v) is 5.63. The van der Waals surface area contributed by atoms with E-state index in [1.807, 2.05) is 12.3 Å². The van der Waals surface area contributed by atoms with E-state index in [0.717, 1.165) is 26.8 Å². The maximum absolute atomic E-state index is 4.41. The summed E-state index contributed by atoms with van der Waals surface area (Å²) in [6.45, 7) is 2.10. The van der Waals surface area contributed by atoms with Gasteiger partial charge in [0.1, 0.15) is 10.4 Å². The van der Waals surface area contributed by atoms with Crippen LogP contribution in [0.25, 0.3) is 5.52 Å². The van der Waals surface area contributed by atoms with Crippen molar-refractivity contribution in [3.05, 3.63) is 33.2 Å². The van der Waals surface area contributed by atoms with Crippen molar-refractivity contribution in [2.75, 3.05) is 0 Å². The van der Waals surface area contributed by atoms with Crippen molar-refractivity contribution in [3.8, 4) is 0 Å². The van der Waals surface area contributed by atoms with Crippen LogP contribution >= 0.6 is 31.9 Å². The third kappa shape index (κ3) is 1.53. The predicted molar refractivity (Wildman–Crippen MR) is 60.0 cm³/mol. The minimum atomic E-state index is 0.908. The van der Waals surface area contributed by atoms with Gasteiger partial charge in [-0.05, 0) is 28.1 Å². The molecule has 2 nitrogen and oxygen atoms in total. The van der Waals surface area contributed by atoms with Gasteiger partial charge < -0.3 is 4.40 Å². The quantitative estimate of drug-likeness (QED) is 0.789. The maximum Gasteiger partial charge on any atom is 0.132 e. The van der Waals surface area contributed by atoms with Crippen LogP contribution in [0.5, 0.6) is 0 Å². The third-order valence-corrected chi connectivity index (χ3v) is 3.03. The van der Waals surface area contributed by atoms with Gasteiger partial charge in [-0.1, -0.05) is 22.9 Å². The molecule has 13 heavy (non-hydrogen) atoms. The summed E-state index contributed by atoms with van der Waals surface area (Å²) in [5.41, 5.74) is 1.10. The molecule has 2 aromatic rings. The van der Waals surface area contributed by atoms with Gasteiger partial charge in [0.2, 0.25) is 0 Å². The second-order valence-electron chi connectivity index (χ2n) is 2.77. The molecule has 0 aliphatic carbocycles. The van der Waals surface area contributed by atoms with Crippen LogP contribution in [-0.4, -0.2) is 9.38 Å². The van der Waals surface area contributed by atoms with Crippen molar-refractivity contribution in [3.63, 3.8) is 0 Å². The summed E-state index contributed by atoms with van der Waals surface area (Å²) >= 11 is 6.88.